The summed E-state index contributed by atoms with van der Waals surface area (Å²) in [4.78, 5) is 13.1. The Hall–Kier alpha value is -1.36. The lowest BCUT2D eigenvalue weighted by Crippen LogP contribution is -2.18. The van der Waals surface area contributed by atoms with Crippen LogP contribution in [0.4, 0.5) is 5.69 Å². The quantitative estimate of drug-likeness (QED) is 0.808. The molecule has 1 aromatic carbocycles. The number of carbonyl (C=O) groups excluding carboxylic acids is 1. The molecule has 116 valence electrons. The highest BCUT2D eigenvalue weighted by Crippen LogP contribution is 2.39. The minimum absolute atomic E-state index is 0.0583. The van der Waals surface area contributed by atoms with Crippen LogP contribution in [0.1, 0.15) is 33.1 Å². The molecule has 1 atom stereocenters. The molecule has 1 heterocycles. The van der Waals surface area contributed by atoms with E-state index < -0.39 is 0 Å². The fraction of sp³-hybridized carbons (Fsp3) is 0.562. The molecule has 1 unspecified atom stereocenters. The molecule has 0 radical (unpaired) electrons. The lowest BCUT2D eigenvalue weighted by atomic mass is 10.0. The van der Waals surface area contributed by atoms with E-state index in [1.807, 2.05) is 18.4 Å². The topological polar surface area (TPSA) is 47.6 Å². The first-order chi connectivity index (χ1) is 10.1. The summed E-state index contributed by atoms with van der Waals surface area (Å²) in [5, 5.41) is 3.01. The second-order valence-corrected chi connectivity index (χ2v) is 6.19. The third-order valence-corrected chi connectivity index (χ3v) is 4.23. The van der Waals surface area contributed by atoms with Gasteiger partial charge in [0.25, 0.3) is 0 Å². The van der Waals surface area contributed by atoms with Crippen LogP contribution in [0.2, 0.25) is 0 Å². The van der Waals surface area contributed by atoms with E-state index in [9.17, 15) is 4.79 Å². The Morgan fingerprint density at radius 3 is 2.62 bits per heavy atom. The highest BCUT2D eigenvalue weighted by atomic mass is 32.2. The number of amides is 1. The zero-order chi connectivity index (χ0) is 15.2. The normalized spacial score (nSPS) is 14.6. The molecule has 0 aliphatic carbocycles. The maximum atomic E-state index is 12.1. The molecular formula is C16H23NO3S. The molecule has 0 saturated carbocycles. The van der Waals surface area contributed by atoms with Crippen LogP contribution in [0.3, 0.4) is 0 Å². The van der Waals surface area contributed by atoms with Crippen molar-refractivity contribution in [3.63, 3.8) is 0 Å². The second-order valence-electron chi connectivity index (χ2n) is 5.34. The predicted molar refractivity (Wildman–Crippen MR) is 86.5 cm³/mol. The molecule has 2 rings (SSSR count). The molecule has 1 amide bonds. The van der Waals surface area contributed by atoms with Crippen LogP contribution in [-0.2, 0) is 4.79 Å². The van der Waals surface area contributed by atoms with Gasteiger partial charge >= 0.3 is 0 Å². The average Bonchev–Trinajstić information content (AvgIpc) is 2.46. The summed E-state index contributed by atoms with van der Waals surface area (Å²) in [7, 11) is 0. The fourth-order valence-electron chi connectivity index (χ4n) is 2.45. The SMILES string of the molecule is CCCC(C)CC(=O)Nc1cc2c(cc1SC)OCCO2. The number of anilines is 1. The standard InChI is InChI=1S/C16H23NO3S/c1-4-5-11(2)8-16(18)17-12-9-13-14(10-15(12)21-3)20-7-6-19-13/h9-11H,4-8H2,1-3H3,(H,17,18). The van der Waals surface area contributed by atoms with Crippen molar-refractivity contribution in [2.45, 2.75) is 38.0 Å². The number of hydrogen-bond acceptors (Lipinski definition) is 4. The largest absolute Gasteiger partial charge is 0.486 e. The minimum Gasteiger partial charge on any atom is -0.486 e. The second kappa shape index (κ2) is 7.59. The van der Waals surface area contributed by atoms with Crippen molar-refractivity contribution in [2.24, 2.45) is 5.92 Å². The van der Waals surface area contributed by atoms with E-state index >= 15 is 0 Å². The first kappa shape index (κ1) is 16.0. The lowest BCUT2D eigenvalue weighted by molar-refractivity contribution is -0.117. The van der Waals surface area contributed by atoms with E-state index in [1.165, 1.54) is 0 Å². The van der Waals surface area contributed by atoms with Gasteiger partial charge < -0.3 is 14.8 Å². The number of hydrogen-bond donors (Lipinski definition) is 1. The molecule has 21 heavy (non-hydrogen) atoms. The van der Waals surface area contributed by atoms with Gasteiger partial charge in [-0.05, 0) is 18.2 Å². The predicted octanol–water partition coefficient (Wildman–Crippen LogP) is 3.94. The van der Waals surface area contributed by atoms with Gasteiger partial charge in [-0.25, -0.2) is 0 Å². The maximum absolute atomic E-state index is 12.1. The first-order valence-corrected chi connectivity index (χ1v) is 8.64. The van der Waals surface area contributed by atoms with Crippen molar-refractivity contribution in [2.75, 3.05) is 24.8 Å². The van der Waals surface area contributed by atoms with Crippen molar-refractivity contribution < 1.29 is 14.3 Å². The van der Waals surface area contributed by atoms with Crippen LogP contribution in [0.5, 0.6) is 11.5 Å². The third kappa shape index (κ3) is 4.30. The van der Waals surface area contributed by atoms with Crippen molar-refractivity contribution in [3.8, 4) is 11.5 Å². The van der Waals surface area contributed by atoms with Crippen LogP contribution in [0, 0.1) is 5.92 Å². The van der Waals surface area contributed by atoms with E-state index in [-0.39, 0.29) is 5.91 Å². The van der Waals surface area contributed by atoms with E-state index in [4.69, 9.17) is 9.47 Å². The number of thioether (sulfide) groups is 1. The number of fused-ring (bicyclic) bond motifs is 1. The summed E-state index contributed by atoms with van der Waals surface area (Å²) in [5.74, 6) is 1.92. The van der Waals surface area contributed by atoms with Gasteiger partial charge in [-0.3, -0.25) is 4.79 Å². The summed E-state index contributed by atoms with van der Waals surface area (Å²) in [6.45, 7) is 5.37. The first-order valence-electron chi connectivity index (χ1n) is 7.41. The lowest BCUT2D eigenvalue weighted by Gasteiger charge is -2.21. The Morgan fingerprint density at radius 2 is 2.00 bits per heavy atom. The molecule has 1 aliphatic heterocycles. The Bertz CT molecular complexity index is 505. The summed E-state index contributed by atoms with van der Waals surface area (Å²) in [6, 6.07) is 3.80. The van der Waals surface area contributed by atoms with Crippen LogP contribution in [-0.4, -0.2) is 25.4 Å². The smallest absolute Gasteiger partial charge is 0.224 e. The van der Waals surface area contributed by atoms with Gasteiger partial charge in [-0.15, -0.1) is 11.8 Å². The molecule has 5 heteroatoms. The number of benzene rings is 1. The molecular weight excluding hydrogens is 286 g/mol. The van der Waals surface area contributed by atoms with Crippen molar-refractivity contribution in [1.82, 2.24) is 0 Å². The number of carbonyl (C=O) groups is 1. The number of ether oxygens (including phenoxy) is 2. The monoisotopic (exact) mass is 309 g/mol. The Kier molecular flexibility index (Phi) is 5.79. The van der Waals surface area contributed by atoms with E-state index in [1.54, 1.807) is 11.8 Å². The Balaban J connectivity index is 2.09. The molecule has 0 bridgehead atoms. The summed E-state index contributed by atoms with van der Waals surface area (Å²) >= 11 is 1.59. The molecule has 0 spiro atoms. The maximum Gasteiger partial charge on any atom is 0.224 e. The molecule has 1 aliphatic rings. The third-order valence-electron chi connectivity index (χ3n) is 3.45. The van der Waals surface area contributed by atoms with Crippen LogP contribution >= 0.6 is 11.8 Å². The van der Waals surface area contributed by atoms with Crippen molar-refractivity contribution >= 4 is 23.4 Å². The van der Waals surface area contributed by atoms with Gasteiger partial charge in [0.2, 0.25) is 5.91 Å². The molecule has 0 fully saturated rings. The van der Waals surface area contributed by atoms with Crippen LogP contribution in [0.25, 0.3) is 0 Å². The van der Waals surface area contributed by atoms with E-state index in [0.717, 1.165) is 29.2 Å². The summed E-state index contributed by atoms with van der Waals surface area (Å²) in [6.07, 6.45) is 4.72. The van der Waals surface area contributed by atoms with Gasteiger partial charge in [0, 0.05) is 17.4 Å². The fourth-order valence-corrected chi connectivity index (χ4v) is 3.00. The number of rotatable bonds is 6. The molecule has 1 aromatic rings. The molecule has 0 saturated heterocycles. The van der Waals surface area contributed by atoms with Crippen LogP contribution < -0.4 is 14.8 Å². The minimum atomic E-state index is 0.0583. The summed E-state index contributed by atoms with van der Waals surface area (Å²) in [5.41, 5.74) is 0.806. The van der Waals surface area contributed by atoms with E-state index in [2.05, 4.69) is 19.2 Å². The zero-order valence-electron chi connectivity index (χ0n) is 12.9. The van der Waals surface area contributed by atoms with Gasteiger partial charge in [-0.1, -0.05) is 26.7 Å². The van der Waals surface area contributed by atoms with Gasteiger partial charge in [0.15, 0.2) is 11.5 Å². The van der Waals surface area contributed by atoms with Crippen molar-refractivity contribution in [3.05, 3.63) is 12.1 Å². The highest BCUT2D eigenvalue weighted by molar-refractivity contribution is 7.98. The van der Waals surface area contributed by atoms with Crippen molar-refractivity contribution in [1.29, 1.82) is 0 Å². The van der Waals surface area contributed by atoms with Crippen LogP contribution in [0.15, 0.2) is 17.0 Å². The molecule has 4 nitrogen and oxygen atoms in total. The highest BCUT2D eigenvalue weighted by Gasteiger charge is 2.17. The van der Waals surface area contributed by atoms with Gasteiger partial charge in [0.1, 0.15) is 13.2 Å². The molecule has 1 N–H and O–H groups in total. The van der Waals surface area contributed by atoms with Gasteiger partial charge in [-0.2, -0.15) is 0 Å². The number of nitrogens with one attached hydrogen (secondary N) is 1. The summed E-state index contributed by atoms with van der Waals surface area (Å²) < 4.78 is 11.2. The Morgan fingerprint density at radius 1 is 1.33 bits per heavy atom. The van der Waals surface area contributed by atoms with Gasteiger partial charge in [0.05, 0.1) is 5.69 Å². The molecule has 0 aromatic heterocycles. The van der Waals surface area contributed by atoms with E-state index in [0.29, 0.717) is 31.3 Å². The average molecular weight is 309 g/mol. The zero-order valence-corrected chi connectivity index (χ0v) is 13.7. The Labute approximate surface area is 130 Å².